The van der Waals surface area contributed by atoms with Crippen molar-refractivity contribution in [3.8, 4) is 0 Å². The summed E-state index contributed by atoms with van der Waals surface area (Å²) in [6.45, 7) is 9.02. The Morgan fingerprint density at radius 1 is 1.29 bits per heavy atom. The van der Waals surface area contributed by atoms with Crippen molar-refractivity contribution >= 4 is 34.9 Å². The standard InChI is InChI=1S/C23H26Cl2N4O2/c1-13-10-20(27-29(13)12-16-17(24)6-5-7-18(16)25)26-22(30)21-15-11-14(23(2,3)4)8-9-19(15)31-28-21/h5-7,10,14H,8-9,11-12H2,1-4H3,(H,26,27,30). The first-order chi connectivity index (χ1) is 14.6. The van der Waals surface area contributed by atoms with Crippen LogP contribution >= 0.6 is 23.2 Å². The number of hydrogen-bond donors (Lipinski definition) is 1. The first-order valence-corrected chi connectivity index (χ1v) is 11.1. The number of nitrogens with one attached hydrogen (secondary N) is 1. The van der Waals surface area contributed by atoms with Crippen LogP contribution in [-0.2, 0) is 19.4 Å². The Balaban J connectivity index is 1.52. The van der Waals surface area contributed by atoms with E-state index >= 15 is 0 Å². The van der Waals surface area contributed by atoms with Gasteiger partial charge in [0.15, 0.2) is 11.5 Å². The second-order valence-corrected chi connectivity index (χ2v) is 10.0. The fraction of sp³-hybridized carbons (Fsp3) is 0.435. The molecular weight excluding hydrogens is 435 g/mol. The van der Waals surface area contributed by atoms with E-state index in [0.29, 0.717) is 34.0 Å². The molecule has 8 heteroatoms. The maximum absolute atomic E-state index is 13.0. The minimum absolute atomic E-state index is 0.165. The monoisotopic (exact) mass is 460 g/mol. The van der Waals surface area contributed by atoms with Crippen LogP contribution in [0.5, 0.6) is 0 Å². The highest BCUT2D eigenvalue weighted by molar-refractivity contribution is 6.35. The van der Waals surface area contributed by atoms with Gasteiger partial charge >= 0.3 is 0 Å². The maximum atomic E-state index is 13.0. The molecule has 2 aromatic heterocycles. The number of halogens is 2. The molecule has 164 valence electrons. The summed E-state index contributed by atoms with van der Waals surface area (Å²) in [5, 5.41) is 12.6. The molecule has 0 saturated heterocycles. The number of fused-ring (bicyclic) bond motifs is 1. The topological polar surface area (TPSA) is 73.0 Å². The van der Waals surface area contributed by atoms with Crippen molar-refractivity contribution in [2.24, 2.45) is 11.3 Å². The number of aromatic nitrogens is 3. The van der Waals surface area contributed by atoms with E-state index in [4.69, 9.17) is 27.7 Å². The number of rotatable bonds is 4. The molecule has 1 aromatic carbocycles. The lowest BCUT2D eigenvalue weighted by atomic mass is 9.71. The molecule has 2 heterocycles. The highest BCUT2D eigenvalue weighted by atomic mass is 35.5. The van der Waals surface area contributed by atoms with E-state index in [2.05, 4.69) is 36.3 Å². The number of aryl methyl sites for hydroxylation is 2. The molecule has 0 aliphatic heterocycles. The normalized spacial score (nSPS) is 16.3. The zero-order valence-corrected chi connectivity index (χ0v) is 19.6. The van der Waals surface area contributed by atoms with E-state index < -0.39 is 0 Å². The molecule has 0 bridgehead atoms. The van der Waals surface area contributed by atoms with Crippen molar-refractivity contribution in [2.45, 2.75) is 53.5 Å². The summed E-state index contributed by atoms with van der Waals surface area (Å²) in [7, 11) is 0. The van der Waals surface area contributed by atoms with Crippen molar-refractivity contribution in [2.75, 3.05) is 5.32 Å². The molecule has 1 unspecified atom stereocenters. The minimum atomic E-state index is -0.306. The van der Waals surface area contributed by atoms with Gasteiger partial charge in [-0.1, -0.05) is 55.2 Å². The van der Waals surface area contributed by atoms with Gasteiger partial charge in [0, 0.05) is 39.4 Å². The number of hydrogen-bond acceptors (Lipinski definition) is 4. The second kappa shape index (κ2) is 8.32. The first-order valence-electron chi connectivity index (χ1n) is 10.4. The van der Waals surface area contributed by atoms with Gasteiger partial charge in [-0.3, -0.25) is 9.48 Å². The summed E-state index contributed by atoms with van der Waals surface area (Å²) in [6.07, 6.45) is 2.65. The largest absolute Gasteiger partial charge is 0.360 e. The highest BCUT2D eigenvalue weighted by Gasteiger charge is 2.34. The molecule has 1 aliphatic rings. The molecule has 0 spiro atoms. The number of carbonyl (C=O) groups excluding carboxylic acids is 1. The molecule has 0 fully saturated rings. The third kappa shape index (κ3) is 4.51. The lowest BCUT2D eigenvalue weighted by Gasteiger charge is -2.33. The van der Waals surface area contributed by atoms with Crippen LogP contribution in [0.1, 0.15) is 60.3 Å². The Morgan fingerprint density at radius 3 is 2.68 bits per heavy atom. The van der Waals surface area contributed by atoms with E-state index in [1.165, 1.54) is 0 Å². The van der Waals surface area contributed by atoms with E-state index in [1.54, 1.807) is 22.9 Å². The average molecular weight is 461 g/mol. The van der Waals surface area contributed by atoms with Crippen LogP contribution in [-0.4, -0.2) is 20.8 Å². The van der Waals surface area contributed by atoms with Crippen molar-refractivity contribution in [1.82, 2.24) is 14.9 Å². The number of benzene rings is 1. The minimum Gasteiger partial charge on any atom is -0.360 e. The van der Waals surface area contributed by atoms with Crippen LogP contribution in [0.4, 0.5) is 5.82 Å². The highest BCUT2D eigenvalue weighted by Crippen LogP contribution is 2.38. The fourth-order valence-electron chi connectivity index (χ4n) is 4.06. The van der Waals surface area contributed by atoms with Gasteiger partial charge in [-0.2, -0.15) is 5.10 Å². The van der Waals surface area contributed by atoms with Gasteiger partial charge in [0.2, 0.25) is 0 Å². The van der Waals surface area contributed by atoms with Crippen molar-refractivity contribution in [1.29, 1.82) is 0 Å². The smallest absolute Gasteiger partial charge is 0.279 e. The molecule has 1 atom stereocenters. The maximum Gasteiger partial charge on any atom is 0.279 e. The van der Waals surface area contributed by atoms with E-state index in [9.17, 15) is 4.79 Å². The third-order valence-corrected chi connectivity index (χ3v) is 6.78. The van der Waals surface area contributed by atoms with E-state index in [0.717, 1.165) is 41.8 Å². The molecule has 3 aromatic rings. The number of amides is 1. The molecule has 0 radical (unpaired) electrons. The van der Waals surface area contributed by atoms with Gasteiger partial charge in [0.25, 0.3) is 5.91 Å². The summed E-state index contributed by atoms with van der Waals surface area (Å²) in [6, 6.07) is 7.21. The quantitative estimate of drug-likeness (QED) is 0.522. The lowest BCUT2D eigenvalue weighted by Crippen LogP contribution is -2.27. The van der Waals surface area contributed by atoms with Gasteiger partial charge in [-0.05, 0) is 43.2 Å². The van der Waals surface area contributed by atoms with Crippen molar-refractivity contribution < 1.29 is 9.32 Å². The van der Waals surface area contributed by atoms with Gasteiger partial charge in [0.05, 0.1) is 6.54 Å². The van der Waals surface area contributed by atoms with Gasteiger partial charge < -0.3 is 9.84 Å². The molecule has 31 heavy (non-hydrogen) atoms. The Kier molecular flexibility index (Phi) is 5.88. The number of nitrogens with zero attached hydrogens (tertiary/aromatic N) is 3. The Labute approximate surface area is 191 Å². The molecule has 1 amide bonds. The molecule has 6 nitrogen and oxygen atoms in total. The molecular formula is C23H26Cl2N4O2. The Morgan fingerprint density at radius 2 is 2.00 bits per heavy atom. The predicted molar refractivity (Wildman–Crippen MR) is 122 cm³/mol. The van der Waals surface area contributed by atoms with Crippen molar-refractivity contribution in [3.05, 3.63) is 62.6 Å². The first kappa shape index (κ1) is 21.9. The van der Waals surface area contributed by atoms with Crippen LogP contribution in [0, 0.1) is 18.3 Å². The summed E-state index contributed by atoms with van der Waals surface area (Å²) in [4.78, 5) is 13.0. The summed E-state index contributed by atoms with van der Waals surface area (Å²) < 4.78 is 7.24. The lowest BCUT2D eigenvalue weighted by molar-refractivity contribution is 0.101. The fourth-order valence-corrected chi connectivity index (χ4v) is 4.58. The van der Waals surface area contributed by atoms with Crippen LogP contribution in [0.25, 0.3) is 0 Å². The molecule has 4 rings (SSSR count). The summed E-state index contributed by atoms with van der Waals surface area (Å²) >= 11 is 12.6. The third-order valence-electron chi connectivity index (χ3n) is 6.07. The second-order valence-electron chi connectivity index (χ2n) is 9.22. The molecule has 0 saturated carbocycles. The number of carbonyl (C=O) groups is 1. The SMILES string of the molecule is Cc1cc(NC(=O)c2noc3c2CC(C(C)(C)C)CC3)nn1Cc1c(Cl)cccc1Cl. The molecule has 1 aliphatic carbocycles. The molecule has 1 N–H and O–H groups in total. The summed E-state index contributed by atoms with van der Waals surface area (Å²) in [5.74, 6) is 1.44. The predicted octanol–water partition coefficient (Wildman–Crippen LogP) is 5.94. The number of anilines is 1. The Bertz CT molecular complexity index is 1110. The van der Waals surface area contributed by atoms with Gasteiger partial charge in [0.1, 0.15) is 5.76 Å². The zero-order chi connectivity index (χ0) is 22.3. The van der Waals surface area contributed by atoms with Crippen molar-refractivity contribution in [3.63, 3.8) is 0 Å². The van der Waals surface area contributed by atoms with Gasteiger partial charge in [-0.15, -0.1) is 0 Å². The average Bonchev–Trinajstić information content (AvgIpc) is 3.26. The van der Waals surface area contributed by atoms with Crippen LogP contribution in [0.2, 0.25) is 10.0 Å². The zero-order valence-electron chi connectivity index (χ0n) is 18.1. The van der Waals surface area contributed by atoms with Crippen LogP contribution < -0.4 is 5.32 Å². The van der Waals surface area contributed by atoms with Gasteiger partial charge in [-0.25, -0.2) is 0 Å². The van der Waals surface area contributed by atoms with E-state index in [1.807, 2.05) is 13.0 Å². The summed E-state index contributed by atoms with van der Waals surface area (Å²) in [5.41, 5.74) is 3.10. The van der Waals surface area contributed by atoms with E-state index in [-0.39, 0.29) is 11.3 Å². The van der Waals surface area contributed by atoms with Crippen LogP contribution in [0.3, 0.4) is 0 Å². The Hall–Kier alpha value is -2.31. The van der Waals surface area contributed by atoms with Crippen LogP contribution in [0.15, 0.2) is 28.8 Å².